The van der Waals surface area contributed by atoms with E-state index in [2.05, 4.69) is 4.74 Å². The molecule has 0 amide bonds. The van der Waals surface area contributed by atoms with Gasteiger partial charge in [-0.3, -0.25) is 0 Å². The Morgan fingerprint density at radius 3 is 2.64 bits per heavy atom. The molecule has 78 valence electrons. The van der Waals surface area contributed by atoms with Gasteiger partial charge in [-0.2, -0.15) is 0 Å². The molecule has 0 radical (unpaired) electrons. The minimum Gasteiger partial charge on any atom is -0.454 e. The molecule has 1 aliphatic carbocycles. The molecule has 0 heterocycles. The summed E-state index contributed by atoms with van der Waals surface area (Å²) in [4.78, 5) is 10.5. The maximum absolute atomic E-state index is 10.5. The zero-order valence-electron chi connectivity index (χ0n) is 8.33. The number of esters is 1. The van der Waals surface area contributed by atoms with Crippen LogP contribution >= 0.6 is 0 Å². The fraction of sp³-hybridized carbons (Fsp3) is 0.727. The van der Waals surface area contributed by atoms with Crippen LogP contribution in [0.5, 0.6) is 0 Å². The molecule has 0 unspecified atom stereocenters. The van der Waals surface area contributed by atoms with Crippen LogP contribution < -0.4 is 0 Å². The highest BCUT2D eigenvalue weighted by Crippen LogP contribution is 2.19. The number of terminal acetylenes is 1. The summed E-state index contributed by atoms with van der Waals surface area (Å²) in [6.07, 6.45) is 11.2. The smallest absolute Gasteiger partial charge is 0.384 e. The molecule has 0 N–H and O–H groups in total. The summed E-state index contributed by atoms with van der Waals surface area (Å²) in [6, 6.07) is 0. The Labute approximate surface area is 84.8 Å². The first-order chi connectivity index (χ1) is 6.83. The summed E-state index contributed by atoms with van der Waals surface area (Å²) in [5, 5.41) is 0. The average Bonchev–Trinajstić information content (AvgIpc) is 2.25. The van der Waals surface area contributed by atoms with Crippen molar-refractivity contribution in [3.8, 4) is 12.3 Å². The first-order valence-electron chi connectivity index (χ1n) is 5.08. The minimum atomic E-state index is -0.614. The SMILES string of the molecule is C#CC(=O)OCCOC1CCCCC1. The highest BCUT2D eigenvalue weighted by atomic mass is 16.6. The van der Waals surface area contributed by atoms with Gasteiger partial charge < -0.3 is 9.47 Å². The van der Waals surface area contributed by atoms with E-state index in [9.17, 15) is 4.79 Å². The normalized spacial score (nSPS) is 17.4. The highest BCUT2D eigenvalue weighted by molar-refractivity contribution is 5.87. The summed E-state index contributed by atoms with van der Waals surface area (Å²) in [6.45, 7) is 0.720. The molecule has 0 aromatic rings. The van der Waals surface area contributed by atoms with Gasteiger partial charge in [-0.25, -0.2) is 4.79 Å². The topological polar surface area (TPSA) is 35.5 Å². The van der Waals surface area contributed by atoms with Crippen LogP contribution in [0.2, 0.25) is 0 Å². The van der Waals surface area contributed by atoms with Crippen LogP contribution in [-0.4, -0.2) is 25.3 Å². The number of carbonyl (C=O) groups is 1. The Kier molecular flexibility index (Phi) is 5.09. The lowest BCUT2D eigenvalue weighted by Gasteiger charge is -2.21. The molecule has 0 aromatic heterocycles. The first kappa shape index (κ1) is 11.1. The molecule has 3 nitrogen and oxygen atoms in total. The van der Waals surface area contributed by atoms with Gasteiger partial charge in [0.05, 0.1) is 12.7 Å². The second-order valence-corrected chi connectivity index (χ2v) is 3.41. The molecule has 3 heteroatoms. The zero-order chi connectivity index (χ0) is 10.2. The van der Waals surface area contributed by atoms with Gasteiger partial charge in [0, 0.05) is 5.92 Å². The van der Waals surface area contributed by atoms with Crippen molar-refractivity contribution in [3.63, 3.8) is 0 Å². The van der Waals surface area contributed by atoms with Crippen LogP contribution in [0.1, 0.15) is 32.1 Å². The molecule has 14 heavy (non-hydrogen) atoms. The van der Waals surface area contributed by atoms with Crippen LogP contribution in [0.15, 0.2) is 0 Å². The predicted molar refractivity (Wildman–Crippen MR) is 52.6 cm³/mol. The van der Waals surface area contributed by atoms with Gasteiger partial charge >= 0.3 is 5.97 Å². The molecule has 1 aliphatic rings. The molecule has 1 saturated carbocycles. The van der Waals surface area contributed by atoms with E-state index >= 15 is 0 Å². The maximum atomic E-state index is 10.5. The van der Waals surface area contributed by atoms with E-state index in [1.807, 2.05) is 5.92 Å². The molecule has 0 aromatic carbocycles. The summed E-state index contributed by atoms with van der Waals surface area (Å²) in [5.41, 5.74) is 0. The second kappa shape index (κ2) is 6.44. The van der Waals surface area contributed by atoms with Crippen LogP contribution in [0.25, 0.3) is 0 Å². The summed E-state index contributed by atoms with van der Waals surface area (Å²) < 4.78 is 10.2. The molecular weight excluding hydrogens is 180 g/mol. The van der Waals surface area contributed by atoms with Crippen LogP contribution in [-0.2, 0) is 14.3 Å². The van der Waals surface area contributed by atoms with Crippen molar-refractivity contribution in [1.82, 2.24) is 0 Å². The largest absolute Gasteiger partial charge is 0.454 e. The summed E-state index contributed by atoms with van der Waals surface area (Å²) in [5.74, 6) is 1.27. The van der Waals surface area contributed by atoms with Crippen molar-refractivity contribution < 1.29 is 14.3 Å². The zero-order valence-corrected chi connectivity index (χ0v) is 8.33. The fourth-order valence-corrected chi connectivity index (χ4v) is 1.62. The van der Waals surface area contributed by atoms with E-state index < -0.39 is 5.97 Å². The van der Waals surface area contributed by atoms with Gasteiger partial charge in [-0.1, -0.05) is 19.3 Å². The molecule has 0 spiro atoms. The highest BCUT2D eigenvalue weighted by Gasteiger charge is 2.13. The van der Waals surface area contributed by atoms with E-state index in [1.54, 1.807) is 0 Å². The molecule has 1 fully saturated rings. The van der Waals surface area contributed by atoms with Crippen molar-refractivity contribution in [3.05, 3.63) is 0 Å². The van der Waals surface area contributed by atoms with Crippen LogP contribution in [0.3, 0.4) is 0 Å². The lowest BCUT2D eigenvalue weighted by molar-refractivity contribution is -0.139. The summed E-state index contributed by atoms with van der Waals surface area (Å²) in [7, 11) is 0. The van der Waals surface area contributed by atoms with E-state index in [4.69, 9.17) is 11.2 Å². The van der Waals surface area contributed by atoms with Gasteiger partial charge in [0.2, 0.25) is 0 Å². The predicted octanol–water partition coefficient (Wildman–Crippen LogP) is 1.51. The third-order valence-corrected chi connectivity index (χ3v) is 2.34. The van der Waals surface area contributed by atoms with Crippen LogP contribution in [0.4, 0.5) is 0 Å². The number of carbonyl (C=O) groups excluding carboxylic acids is 1. The standard InChI is InChI=1S/C11H16O3/c1-2-11(12)14-9-8-13-10-6-4-3-5-7-10/h1,10H,3-9H2. The third-order valence-electron chi connectivity index (χ3n) is 2.34. The molecule has 0 bridgehead atoms. The average molecular weight is 196 g/mol. The number of hydrogen-bond acceptors (Lipinski definition) is 3. The van der Waals surface area contributed by atoms with Crippen molar-refractivity contribution in [1.29, 1.82) is 0 Å². The van der Waals surface area contributed by atoms with Gasteiger partial charge in [0.25, 0.3) is 0 Å². The molecule has 0 atom stereocenters. The lowest BCUT2D eigenvalue weighted by atomic mass is 9.98. The van der Waals surface area contributed by atoms with Crippen molar-refractivity contribution in [2.24, 2.45) is 0 Å². The minimum absolute atomic E-state index is 0.263. The lowest BCUT2D eigenvalue weighted by Crippen LogP contribution is -2.19. The van der Waals surface area contributed by atoms with E-state index in [0.717, 1.165) is 12.8 Å². The molecular formula is C11H16O3. The third kappa shape index (κ3) is 4.29. The van der Waals surface area contributed by atoms with Crippen molar-refractivity contribution in [2.75, 3.05) is 13.2 Å². The number of rotatable bonds is 4. The Hall–Kier alpha value is -1.01. The monoisotopic (exact) mass is 196 g/mol. The van der Waals surface area contributed by atoms with E-state index in [1.165, 1.54) is 19.3 Å². The maximum Gasteiger partial charge on any atom is 0.384 e. The van der Waals surface area contributed by atoms with Crippen LogP contribution in [0, 0.1) is 12.3 Å². The van der Waals surface area contributed by atoms with Gasteiger partial charge in [-0.15, -0.1) is 6.42 Å². The fourth-order valence-electron chi connectivity index (χ4n) is 1.62. The number of hydrogen-bond donors (Lipinski definition) is 0. The Balaban J connectivity index is 1.98. The Morgan fingerprint density at radius 2 is 2.00 bits per heavy atom. The van der Waals surface area contributed by atoms with Gasteiger partial charge in [0.15, 0.2) is 0 Å². The van der Waals surface area contributed by atoms with Gasteiger partial charge in [-0.05, 0) is 12.8 Å². The van der Waals surface area contributed by atoms with E-state index in [-0.39, 0.29) is 6.61 Å². The van der Waals surface area contributed by atoms with Crippen molar-refractivity contribution in [2.45, 2.75) is 38.2 Å². The Bertz CT molecular complexity index is 211. The Morgan fingerprint density at radius 1 is 1.29 bits per heavy atom. The second-order valence-electron chi connectivity index (χ2n) is 3.41. The summed E-state index contributed by atoms with van der Waals surface area (Å²) >= 11 is 0. The van der Waals surface area contributed by atoms with Gasteiger partial charge in [0.1, 0.15) is 6.61 Å². The van der Waals surface area contributed by atoms with E-state index in [0.29, 0.717) is 12.7 Å². The number of ether oxygens (including phenoxy) is 2. The quantitative estimate of drug-likeness (QED) is 0.296. The molecule has 1 rings (SSSR count). The first-order valence-corrected chi connectivity index (χ1v) is 5.08. The molecule has 0 aliphatic heterocycles. The van der Waals surface area contributed by atoms with Crippen molar-refractivity contribution >= 4 is 5.97 Å². The molecule has 0 saturated heterocycles.